The molecule has 0 amide bonds. The van der Waals surface area contributed by atoms with Crippen LogP contribution in [0.4, 0.5) is 0 Å². The molecule has 0 aliphatic carbocycles. The van der Waals surface area contributed by atoms with Gasteiger partial charge in [0.2, 0.25) is 0 Å². The number of H-pyrrole nitrogens is 1. The third-order valence-corrected chi connectivity index (χ3v) is 3.76. The number of ether oxygens (including phenoxy) is 1. The van der Waals surface area contributed by atoms with E-state index >= 15 is 0 Å². The number of hydrogen-bond donors (Lipinski definition) is 4. The number of aromatic amines is 1. The van der Waals surface area contributed by atoms with Gasteiger partial charge in [-0.3, -0.25) is 10.1 Å². The average Bonchev–Trinajstić information content (AvgIpc) is 2.83. The third-order valence-electron chi connectivity index (χ3n) is 3.76. The Kier molecular flexibility index (Phi) is 3.11. The predicted molar refractivity (Wildman–Crippen MR) is 72.9 cm³/mol. The molecule has 20 heavy (non-hydrogen) atoms. The van der Waals surface area contributed by atoms with Gasteiger partial charge >= 0.3 is 5.97 Å². The van der Waals surface area contributed by atoms with Crippen LogP contribution in [-0.2, 0) is 11.2 Å². The monoisotopic (exact) mass is 276 g/mol. The van der Waals surface area contributed by atoms with Gasteiger partial charge in [0.1, 0.15) is 11.8 Å². The number of benzene rings is 1. The molecule has 6 heteroatoms. The minimum Gasteiger partial charge on any atom is -0.497 e. The van der Waals surface area contributed by atoms with Crippen molar-refractivity contribution in [2.45, 2.75) is 18.5 Å². The van der Waals surface area contributed by atoms with E-state index in [1.54, 1.807) is 7.11 Å². The Labute approximate surface area is 115 Å². The van der Waals surface area contributed by atoms with Gasteiger partial charge in [-0.05, 0) is 30.2 Å². The maximum atomic E-state index is 11.4. The van der Waals surface area contributed by atoms with E-state index in [0.717, 1.165) is 22.2 Å². The number of carboxylic acid groups (broad SMARTS) is 1. The lowest BCUT2D eigenvalue weighted by molar-refractivity contribution is -0.140. The molecule has 1 aromatic carbocycles. The molecule has 0 saturated carbocycles. The smallest absolute Gasteiger partial charge is 0.326 e. The second kappa shape index (κ2) is 4.81. The Morgan fingerprint density at radius 3 is 2.95 bits per heavy atom. The topological polar surface area (TPSA) is 94.6 Å². The molecular formula is C14H16N2O4. The lowest BCUT2D eigenvalue weighted by atomic mass is 9.94. The zero-order chi connectivity index (χ0) is 14.3. The molecule has 0 bridgehead atoms. The molecule has 1 aromatic heterocycles. The van der Waals surface area contributed by atoms with E-state index in [-0.39, 0.29) is 12.6 Å². The summed E-state index contributed by atoms with van der Waals surface area (Å²) in [6.07, 6.45) is 0.586. The largest absolute Gasteiger partial charge is 0.497 e. The van der Waals surface area contributed by atoms with E-state index in [2.05, 4.69) is 10.3 Å². The van der Waals surface area contributed by atoms with Crippen molar-refractivity contribution in [3.8, 4) is 5.75 Å². The van der Waals surface area contributed by atoms with E-state index in [1.807, 2.05) is 18.2 Å². The number of aliphatic carboxylic acids is 1. The Bertz CT molecular complexity index is 664. The highest BCUT2D eigenvalue weighted by Gasteiger charge is 2.33. The fourth-order valence-corrected chi connectivity index (χ4v) is 2.78. The van der Waals surface area contributed by atoms with E-state index < -0.39 is 12.0 Å². The Morgan fingerprint density at radius 1 is 1.50 bits per heavy atom. The van der Waals surface area contributed by atoms with Gasteiger partial charge in [-0.2, -0.15) is 0 Å². The standard InChI is InChI=1S/C14H16N2O4/c1-20-8-2-3-11-9(5-8)10-4-7(6-17)15-13(14(18)19)12(10)16-11/h2-3,5,7,13,15-17H,4,6H2,1H3,(H,18,19). The zero-order valence-electron chi connectivity index (χ0n) is 11.0. The van der Waals surface area contributed by atoms with E-state index in [0.29, 0.717) is 12.1 Å². The van der Waals surface area contributed by atoms with E-state index in [9.17, 15) is 15.0 Å². The fraction of sp³-hybridized carbons (Fsp3) is 0.357. The summed E-state index contributed by atoms with van der Waals surface area (Å²) in [6.45, 7) is -0.0974. The molecule has 0 radical (unpaired) electrons. The summed E-state index contributed by atoms with van der Waals surface area (Å²) in [5, 5.41) is 22.6. The van der Waals surface area contributed by atoms with Crippen LogP contribution in [0.5, 0.6) is 5.75 Å². The highest BCUT2D eigenvalue weighted by atomic mass is 16.5. The van der Waals surface area contributed by atoms with Crippen molar-refractivity contribution in [1.82, 2.24) is 10.3 Å². The number of hydrogen-bond acceptors (Lipinski definition) is 4. The van der Waals surface area contributed by atoms with Crippen LogP contribution in [-0.4, -0.2) is 40.9 Å². The maximum Gasteiger partial charge on any atom is 0.326 e. The van der Waals surface area contributed by atoms with Crippen molar-refractivity contribution in [3.05, 3.63) is 29.5 Å². The summed E-state index contributed by atoms with van der Waals surface area (Å²) >= 11 is 0. The molecule has 2 heterocycles. The number of carbonyl (C=O) groups is 1. The van der Waals surface area contributed by atoms with Crippen LogP contribution < -0.4 is 10.1 Å². The molecule has 106 valence electrons. The molecule has 2 aromatic rings. The minimum absolute atomic E-state index is 0.0974. The number of nitrogens with one attached hydrogen (secondary N) is 2. The number of aliphatic hydroxyl groups excluding tert-OH is 1. The van der Waals surface area contributed by atoms with Gasteiger partial charge in [0, 0.05) is 22.6 Å². The normalized spacial score (nSPS) is 21.7. The first-order valence-corrected chi connectivity index (χ1v) is 6.42. The highest BCUT2D eigenvalue weighted by Crippen LogP contribution is 2.33. The van der Waals surface area contributed by atoms with Gasteiger partial charge in [0.15, 0.2) is 0 Å². The molecule has 4 N–H and O–H groups in total. The van der Waals surface area contributed by atoms with Crippen molar-refractivity contribution >= 4 is 16.9 Å². The van der Waals surface area contributed by atoms with Crippen molar-refractivity contribution in [2.75, 3.05) is 13.7 Å². The number of carboxylic acids is 1. The fourth-order valence-electron chi connectivity index (χ4n) is 2.78. The summed E-state index contributed by atoms with van der Waals surface area (Å²) < 4.78 is 5.21. The van der Waals surface area contributed by atoms with E-state index in [4.69, 9.17) is 4.74 Å². The van der Waals surface area contributed by atoms with Gasteiger partial charge < -0.3 is 19.9 Å². The summed E-state index contributed by atoms with van der Waals surface area (Å²) in [5.41, 5.74) is 2.47. The highest BCUT2D eigenvalue weighted by molar-refractivity contribution is 5.89. The second-order valence-corrected chi connectivity index (χ2v) is 4.95. The van der Waals surface area contributed by atoms with Crippen LogP contribution in [0.2, 0.25) is 0 Å². The number of fused-ring (bicyclic) bond motifs is 3. The molecule has 0 fully saturated rings. The van der Waals surface area contributed by atoms with Crippen LogP contribution in [0.15, 0.2) is 18.2 Å². The molecule has 6 nitrogen and oxygen atoms in total. The molecule has 0 saturated heterocycles. The average molecular weight is 276 g/mol. The third kappa shape index (κ3) is 1.93. The second-order valence-electron chi connectivity index (χ2n) is 4.95. The van der Waals surface area contributed by atoms with Crippen molar-refractivity contribution in [2.24, 2.45) is 0 Å². The van der Waals surface area contributed by atoms with Crippen LogP contribution in [0.3, 0.4) is 0 Å². The Balaban J connectivity index is 2.18. The minimum atomic E-state index is -0.956. The molecule has 2 unspecified atom stereocenters. The number of aromatic nitrogens is 1. The summed E-state index contributed by atoms with van der Waals surface area (Å²) in [7, 11) is 1.60. The van der Waals surface area contributed by atoms with Crippen molar-refractivity contribution in [3.63, 3.8) is 0 Å². The van der Waals surface area contributed by atoms with E-state index in [1.165, 1.54) is 0 Å². The first kappa shape index (κ1) is 13.0. The number of aliphatic hydroxyl groups is 1. The van der Waals surface area contributed by atoms with Gasteiger partial charge in [0.05, 0.1) is 13.7 Å². The SMILES string of the molecule is COc1ccc2[nH]c3c(c2c1)CC(CO)NC3C(=O)O. The Hall–Kier alpha value is -2.05. The van der Waals surface area contributed by atoms with Crippen molar-refractivity contribution < 1.29 is 19.7 Å². The first-order chi connectivity index (χ1) is 9.63. The summed E-state index contributed by atoms with van der Waals surface area (Å²) in [4.78, 5) is 14.6. The van der Waals surface area contributed by atoms with Crippen LogP contribution in [0.1, 0.15) is 17.3 Å². The van der Waals surface area contributed by atoms with Gasteiger partial charge in [-0.25, -0.2) is 0 Å². The lowest BCUT2D eigenvalue weighted by Crippen LogP contribution is -2.44. The quantitative estimate of drug-likeness (QED) is 0.665. The zero-order valence-corrected chi connectivity index (χ0v) is 11.0. The summed E-state index contributed by atoms with van der Waals surface area (Å²) in [6, 6.07) is 4.52. The number of methoxy groups -OCH3 is 1. The maximum absolute atomic E-state index is 11.4. The molecule has 2 atom stereocenters. The Morgan fingerprint density at radius 2 is 2.30 bits per heavy atom. The molecule has 1 aliphatic rings. The van der Waals surface area contributed by atoms with Crippen LogP contribution in [0.25, 0.3) is 10.9 Å². The molecule has 1 aliphatic heterocycles. The molecule has 0 spiro atoms. The van der Waals surface area contributed by atoms with Crippen LogP contribution in [0, 0.1) is 0 Å². The van der Waals surface area contributed by atoms with Crippen molar-refractivity contribution in [1.29, 1.82) is 0 Å². The molecule has 3 rings (SSSR count). The van der Waals surface area contributed by atoms with Crippen LogP contribution >= 0.6 is 0 Å². The van der Waals surface area contributed by atoms with Gasteiger partial charge in [0.25, 0.3) is 0 Å². The van der Waals surface area contributed by atoms with Gasteiger partial charge in [-0.15, -0.1) is 0 Å². The summed E-state index contributed by atoms with van der Waals surface area (Å²) in [5.74, 6) is -0.229. The number of rotatable bonds is 3. The first-order valence-electron chi connectivity index (χ1n) is 6.42. The van der Waals surface area contributed by atoms with Gasteiger partial charge in [-0.1, -0.05) is 0 Å². The lowest BCUT2D eigenvalue weighted by Gasteiger charge is -2.27. The molecular weight excluding hydrogens is 260 g/mol. The predicted octanol–water partition coefficient (Wildman–Crippen LogP) is 0.809.